The third-order valence-corrected chi connectivity index (χ3v) is 7.25. The molecule has 1 saturated heterocycles. The van der Waals surface area contributed by atoms with Gasteiger partial charge in [0.25, 0.3) is 5.56 Å². The molecule has 14 nitrogen and oxygen atoms in total. The number of aromatic nitrogens is 8. The minimum atomic E-state index is -0.826. The number of anilines is 2. The summed E-state index contributed by atoms with van der Waals surface area (Å²) in [6.45, 7) is 3.68. The molecule has 6 rings (SSSR count). The SMILES string of the molecule is CNCn1c(=O)c2c(ncn2[C@@H](C)C(=O)Nc2cncc(-c3cnc(N4CC5CC5C4)nc3)n2)n(C)c1=O. The fourth-order valence-electron chi connectivity index (χ4n) is 4.98. The number of amides is 1. The minimum Gasteiger partial charge on any atom is -0.340 e. The molecule has 2 fully saturated rings. The Kier molecular flexibility index (Phi) is 5.75. The summed E-state index contributed by atoms with van der Waals surface area (Å²) in [5, 5.41) is 5.56. The molecule has 2 unspecified atom stereocenters. The highest BCUT2D eigenvalue weighted by molar-refractivity contribution is 5.93. The molecule has 0 radical (unpaired) electrons. The zero-order valence-electron chi connectivity index (χ0n) is 21.2. The van der Waals surface area contributed by atoms with Crippen LogP contribution >= 0.6 is 0 Å². The van der Waals surface area contributed by atoms with Crippen molar-refractivity contribution in [2.45, 2.75) is 26.1 Å². The Bertz CT molecular complexity index is 1650. The van der Waals surface area contributed by atoms with Crippen molar-refractivity contribution < 1.29 is 4.79 Å². The van der Waals surface area contributed by atoms with Crippen LogP contribution in [0.3, 0.4) is 0 Å². The summed E-state index contributed by atoms with van der Waals surface area (Å²) in [5.41, 5.74) is 0.511. The molecule has 0 bridgehead atoms. The molecule has 0 spiro atoms. The Morgan fingerprint density at radius 2 is 1.84 bits per heavy atom. The molecular formula is C24H27N11O3. The second-order valence-corrected chi connectivity index (χ2v) is 9.80. The van der Waals surface area contributed by atoms with Crippen LogP contribution in [0.2, 0.25) is 0 Å². The average Bonchev–Trinajstić information content (AvgIpc) is 3.32. The number of hydrogen-bond acceptors (Lipinski definition) is 10. The average molecular weight is 518 g/mol. The highest BCUT2D eigenvalue weighted by Crippen LogP contribution is 2.45. The molecule has 196 valence electrons. The predicted molar refractivity (Wildman–Crippen MR) is 139 cm³/mol. The highest BCUT2D eigenvalue weighted by atomic mass is 16.2. The largest absolute Gasteiger partial charge is 0.340 e. The molecular weight excluding hydrogens is 490 g/mol. The highest BCUT2D eigenvalue weighted by Gasteiger charge is 2.45. The number of rotatable bonds is 7. The van der Waals surface area contributed by atoms with Crippen molar-refractivity contribution >= 4 is 28.8 Å². The van der Waals surface area contributed by atoms with Gasteiger partial charge < -0.3 is 20.1 Å². The molecule has 14 heteroatoms. The summed E-state index contributed by atoms with van der Waals surface area (Å²) in [5.74, 6) is 2.10. The number of hydrogen-bond donors (Lipinski definition) is 2. The van der Waals surface area contributed by atoms with Gasteiger partial charge in [-0.3, -0.25) is 19.1 Å². The van der Waals surface area contributed by atoms with Crippen LogP contribution in [-0.4, -0.2) is 64.7 Å². The van der Waals surface area contributed by atoms with Gasteiger partial charge in [-0.1, -0.05) is 0 Å². The molecule has 3 atom stereocenters. The molecule has 1 saturated carbocycles. The lowest BCUT2D eigenvalue weighted by molar-refractivity contribution is -0.118. The third-order valence-electron chi connectivity index (χ3n) is 7.25. The van der Waals surface area contributed by atoms with Crippen molar-refractivity contribution in [2.24, 2.45) is 18.9 Å². The Hall–Kier alpha value is -4.46. The van der Waals surface area contributed by atoms with E-state index in [1.165, 1.54) is 35.1 Å². The van der Waals surface area contributed by atoms with E-state index < -0.39 is 23.2 Å². The van der Waals surface area contributed by atoms with E-state index >= 15 is 0 Å². The van der Waals surface area contributed by atoms with E-state index in [1.807, 2.05) is 0 Å². The Labute approximate surface area is 216 Å². The molecule has 38 heavy (non-hydrogen) atoms. The Morgan fingerprint density at radius 3 is 2.55 bits per heavy atom. The number of carbonyl (C=O) groups is 1. The van der Waals surface area contributed by atoms with Crippen molar-refractivity contribution in [2.75, 3.05) is 30.4 Å². The molecule has 1 amide bonds. The van der Waals surface area contributed by atoms with E-state index in [2.05, 4.69) is 40.5 Å². The zero-order valence-corrected chi connectivity index (χ0v) is 21.2. The molecule has 4 aromatic heterocycles. The second kappa shape index (κ2) is 9.13. The van der Waals surface area contributed by atoms with Gasteiger partial charge in [0.05, 0.1) is 31.1 Å². The first-order valence-electron chi connectivity index (χ1n) is 12.4. The topological polar surface area (TPSA) is 158 Å². The van der Waals surface area contributed by atoms with Gasteiger partial charge in [-0.15, -0.1) is 0 Å². The standard InChI is InChI=1S/C24H27N11O3/c1-13(34-12-29-20-19(34)22(37)35(11-25-2)24(38)32(20)3)21(36)31-18-8-26-7-17(30-18)16-5-27-23(28-6-16)33-9-14-4-15(14)10-33/h5-8,12-15,25H,4,9-11H2,1-3H3,(H,30,31,36)/t13-,14?,15?/m0/s1. The van der Waals surface area contributed by atoms with Crippen molar-refractivity contribution in [3.05, 3.63) is 52.0 Å². The van der Waals surface area contributed by atoms with Crippen molar-refractivity contribution in [1.29, 1.82) is 0 Å². The first-order chi connectivity index (χ1) is 18.4. The summed E-state index contributed by atoms with van der Waals surface area (Å²) < 4.78 is 3.79. The predicted octanol–water partition coefficient (Wildman–Crippen LogP) is -0.0236. The van der Waals surface area contributed by atoms with Crippen molar-refractivity contribution in [3.63, 3.8) is 0 Å². The van der Waals surface area contributed by atoms with E-state index in [9.17, 15) is 14.4 Å². The lowest BCUT2D eigenvalue weighted by atomic mass is 10.2. The van der Waals surface area contributed by atoms with E-state index in [-0.39, 0.29) is 23.7 Å². The molecule has 1 aliphatic heterocycles. The first kappa shape index (κ1) is 23.9. The Morgan fingerprint density at radius 1 is 1.11 bits per heavy atom. The van der Waals surface area contributed by atoms with Crippen LogP contribution in [0.5, 0.6) is 0 Å². The van der Waals surface area contributed by atoms with E-state index in [0.717, 1.165) is 29.5 Å². The normalized spacial score (nSPS) is 19.0. The lowest BCUT2D eigenvalue weighted by Crippen LogP contribution is -2.42. The van der Waals surface area contributed by atoms with Crippen molar-refractivity contribution in [1.82, 2.24) is 43.9 Å². The number of piperidine rings is 1. The van der Waals surface area contributed by atoms with Gasteiger partial charge in [0.1, 0.15) is 6.04 Å². The lowest BCUT2D eigenvalue weighted by Gasteiger charge is -2.17. The summed E-state index contributed by atoms with van der Waals surface area (Å²) in [4.78, 5) is 62.9. The molecule has 2 aliphatic rings. The molecule has 2 N–H and O–H groups in total. The summed E-state index contributed by atoms with van der Waals surface area (Å²) in [7, 11) is 3.16. The van der Waals surface area contributed by atoms with Gasteiger partial charge in [0.15, 0.2) is 17.0 Å². The first-order valence-corrected chi connectivity index (χ1v) is 12.4. The number of aryl methyl sites for hydroxylation is 1. The van der Waals surface area contributed by atoms with Crippen LogP contribution in [0.4, 0.5) is 11.8 Å². The maximum absolute atomic E-state index is 13.2. The van der Waals surface area contributed by atoms with Crippen LogP contribution in [0.1, 0.15) is 19.4 Å². The number of nitrogens with one attached hydrogen (secondary N) is 2. The Balaban J connectivity index is 1.22. The smallest absolute Gasteiger partial charge is 0.333 e. The molecule has 1 aliphatic carbocycles. The molecule has 5 heterocycles. The number of fused-ring (bicyclic) bond motifs is 2. The number of nitrogens with zero attached hydrogens (tertiary/aromatic N) is 9. The fourth-order valence-corrected chi connectivity index (χ4v) is 4.98. The molecule has 4 aromatic rings. The van der Waals surface area contributed by atoms with Crippen LogP contribution in [0, 0.1) is 11.8 Å². The van der Waals surface area contributed by atoms with Gasteiger partial charge in [0.2, 0.25) is 11.9 Å². The summed E-state index contributed by atoms with van der Waals surface area (Å²) in [6.07, 6.45) is 9.13. The van der Waals surface area contributed by atoms with Crippen molar-refractivity contribution in [3.8, 4) is 11.3 Å². The zero-order chi connectivity index (χ0) is 26.6. The van der Waals surface area contributed by atoms with Gasteiger partial charge >= 0.3 is 5.69 Å². The van der Waals surface area contributed by atoms with Gasteiger partial charge in [-0.05, 0) is 32.2 Å². The molecule has 0 aromatic carbocycles. The van der Waals surface area contributed by atoms with E-state index in [0.29, 0.717) is 17.2 Å². The number of carbonyl (C=O) groups excluding carboxylic acids is 1. The van der Waals surface area contributed by atoms with E-state index in [4.69, 9.17) is 0 Å². The van der Waals surface area contributed by atoms with Crippen LogP contribution in [-0.2, 0) is 18.5 Å². The maximum atomic E-state index is 13.2. The summed E-state index contributed by atoms with van der Waals surface area (Å²) >= 11 is 0. The minimum absolute atomic E-state index is 0.0271. The van der Waals surface area contributed by atoms with Gasteiger partial charge in [-0.2, -0.15) is 0 Å². The van der Waals surface area contributed by atoms with Crippen LogP contribution in [0.15, 0.2) is 40.7 Å². The second-order valence-electron chi connectivity index (χ2n) is 9.80. The van der Waals surface area contributed by atoms with Crippen LogP contribution < -0.4 is 26.8 Å². The van der Waals surface area contributed by atoms with Crippen LogP contribution in [0.25, 0.3) is 22.4 Å². The van der Waals surface area contributed by atoms with Gasteiger partial charge in [-0.25, -0.2) is 29.3 Å². The maximum Gasteiger partial charge on any atom is 0.333 e. The van der Waals surface area contributed by atoms with Gasteiger partial charge in [0, 0.05) is 38.1 Å². The number of imidazole rings is 1. The quantitative estimate of drug-likeness (QED) is 0.341. The summed E-state index contributed by atoms with van der Waals surface area (Å²) in [6, 6.07) is -0.826. The van der Waals surface area contributed by atoms with E-state index in [1.54, 1.807) is 32.6 Å². The fraction of sp³-hybridized carbons (Fsp3) is 0.417. The monoisotopic (exact) mass is 517 g/mol. The third kappa shape index (κ3) is 4.02.